The van der Waals surface area contributed by atoms with Gasteiger partial charge in [-0.15, -0.1) is 30.0 Å². The van der Waals surface area contributed by atoms with E-state index in [4.69, 9.17) is 0 Å². The second-order valence-electron chi connectivity index (χ2n) is 12.1. The minimum absolute atomic E-state index is 0.0339. The Labute approximate surface area is 258 Å². The van der Waals surface area contributed by atoms with Gasteiger partial charge >= 0.3 is 0 Å². The zero-order valence-corrected chi connectivity index (χ0v) is 26.3. The normalized spacial score (nSPS) is 27.3. The average Bonchev–Trinajstić information content (AvgIpc) is 3.76. The predicted molar refractivity (Wildman–Crippen MR) is 168 cm³/mol. The molecule has 3 amide bonds. The highest BCUT2D eigenvalue weighted by Gasteiger charge is 2.74. The first-order valence-electron chi connectivity index (χ1n) is 15.5. The topological polar surface area (TPSA) is 112 Å². The minimum atomic E-state index is -0.822. The van der Waals surface area contributed by atoms with Crippen LogP contribution in [0.2, 0.25) is 0 Å². The lowest BCUT2D eigenvalue weighted by molar-refractivity contribution is -0.148. The Bertz CT molecular complexity index is 1380. The maximum atomic E-state index is 14.8. The molecule has 0 aliphatic carbocycles. The zero-order valence-electron chi connectivity index (χ0n) is 25.5. The summed E-state index contributed by atoms with van der Waals surface area (Å²) in [6.07, 6.45) is 6.36. The molecule has 1 aromatic carbocycles. The number of amides is 3. The summed E-state index contributed by atoms with van der Waals surface area (Å²) in [4.78, 5) is 48.7. The Morgan fingerprint density at radius 3 is 2.58 bits per heavy atom. The number of aromatic nitrogens is 3. The Balaban J connectivity index is 1.57. The third-order valence-electron chi connectivity index (χ3n) is 9.64. The lowest BCUT2D eigenvalue weighted by Gasteiger charge is -2.41. The van der Waals surface area contributed by atoms with Crippen molar-refractivity contribution in [1.82, 2.24) is 29.7 Å². The molecule has 2 aromatic rings. The van der Waals surface area contributed by atoms with E-state index in [2.05, 4.69) is 23.5 Å². The van der Waals surface area contributed by atoms with Gasteiger partial charge in [-0.3, -0.25) is 14.4 Å². The van der Waals surface area contributed by atoms with Gasteiger partial charge in [0.25, 0.3) is 0 Å². The third-order valence-corrected chi connectivity index (χ3v) is 11.6. The van der Waals surface area contributed by atoms with E-state index in [0.29, 0.717) is 19.5 Å². The molecule has 43 heavy (non-hydrogen) atoms. The average molecular weight is 609 g/mol. The number of para-hydroxylation sites is 1. The van der Waals surface area contributed by atoms with Crippen LogP contribution in [0.1, 0.15) is 46.5 Å². The summed E-state index contributed by atoms with van der Waals surface area (Å²) in [6, 6.07) is 6.21. The molecule has 3 aliphatic rings. The molecule has 5 rings (SSSR count). The van der Waals surface area contributed by atoms with Crippen LogP contribution in [0.3, 0.4) is 0 Å². The van der Waals surface area contributed by atoms with E-state index in [1.54, 1.807) is 43.3 Å². The second kappa shape index (κ2) is 12.8. The first-order valence-corrected chi connectivity index (χ1v) is 16.3. The standard InChI is InChI=1S/C32H44N6O4S/c1-6-16-35(17-7-2)29(40)26-25-14-15-32(43-25)27(26)30(41)38(24(19-39)21(5)9-4)28(32)31(42)36(18-8-3)20-37-23-13-11-10-12-22(23)33-34-37/h6,8,10-13,21,24-28,39H,1,3,7,9,14-20H2,2,4-5H3/t21-,24-,25-,26+,27-,28?,32?/m0/s1. The van der Waals surface area contributed by atoms with Crippen molar-refractivity contribution < 1.29 is 19.5 Å². The number of nitrogens with zero attached hydrogens (tertiary/aromatic N) is 6. The third kappa shape index (κ3) is 5.18. The lowest BCUT2D eigenvalue weighted by atomic mass is 9.70. The van der Waals surface area contributed by atoms with E-state index in [0.717, 1.165) is 30.3 Å². The van der Waals surface area contributed by atoms with Crippen LogP contribution in [-0.2, 0) is 21.1 Å². The number of thioether (sulfide) groups is 1. The zero-order chi connectivity index (χ0) is 30.9. The van der Waals surface area contributed by atoms with Crippen molar-refractivity contribution in [1.29, 1.82) is 0 Å². The molecule has 2 bridgehead atoms. The number of hydrogen-bond donors (Lipinski definition) is 1. The fraction of sp³-hybridized carbons (Fsp3) is 0.594. The molecule has 10 nitrogen and oxygen atoms in total. The summed E-state index contributed by atoms with van der Waals surface area (Å²) in [6.45, 7) is 14.9. The van der Waals surface area contributed by atoms with E-state index in [9.17, 15) is 19.5 Å². The summed E-state index contributed by atoms with van der Waals surface area (Å²) in [5.74, 6) is -1.62. The Morgan fingerprint density at radius 1 is 1.19 bits per heavy atom. The van der Waals surface area contributed by atoms with Gasteiger partial charge in [-0.2, -0.15) is 0 Å². The molecule has 3 aliphatic heterocycles. The van der Waals surface area contributed by atoms with Crippen LogP contribution in [0.25, 0.3) is 11.0 Å². The van der Waals surface area contributed by atoms with Gasteiger partial charge in [0, 0.05) is 24.9 Å². The molecule has 1 aromatic heterocycles. The predicted octanol–water partition coefficient (Wildman–Crippen LogP) is 3.33. The smallest absolute Gasteiger partial charge is 0.248 e. The number of hydrogen-bond acceptors (Lipinski definition) is 7. The molecule has 0 radical (unpaired) electrons. The molecule has 1 N–H and O–H groups in total. The summed E-state index contributed by atoms with van der Waals surface area (Å²) in [5.41, 5.74) is 1.53. The van der Waals surface area contributed by atoms with Gasteiger partial charge in [-0.05, 0) is 37.3 Å². The number of likely N-dealkylation sites (tertiary alicyclic amines) is 1. The first-order chi connectivity index (χ1) is 20.8. The van der Waals surface area contributed by atoms with Crippen LogP contribution in [-0.4, -0.2) is 101 Å². The highest BCUT2D eigenvalue weighted by Crippen LogP contribution is 2.67. The van der Waals surface area contributed by atoms with Crippen molar-refractivity contribution in [3.05, 3.63) is 49.6 Å². The first kappa shape index (κ1) is 31.3. The van der Waals surface area contributed by atoms with Gasteiger partial charge in [0.1, 0.15) is 18.2 Å². The van der Waals surface area contributed by atoms with E-state index >= 15 is 0 Å². The van der Waals surface area contributed by atoms with Crippen molar-refractivity contribution in [2.45, 2.75) is 75.2 Å². The Kier molecular flexibility index (Phi) is 9.31. The van der Waals surface area contributed by atoms with Crippen LogP contribution in [0, 0.1) is 17.8 Å². The molecule has 1 spiro atoms. The van der Waals surface area contributed by atoms with Gasteiger partial charge in [0.2, 0.25) is 17.7 Å². The van der Waals surface area contributed by atoms with Crippen LogP contribution in [0.15, 0.2) is 49.6 Å². The van der Waals surface area contributed by atoms with Crippen molar-refractivity contribution in [3.63, 3.8) is 0 Å². The summed E-state index contributed by atoms with van der Waals surface area (Å²) in [7, 11) is 0. The van der Waals surface area contributed by atoms with E-state index in [1.807, 2.05) is 45.0 Å². The summed E-state index contributed by atoms with van der Waals surface area (Å²) < 4.78 is 0.935. The minimum Gasteiger partial charge on any atom is -0.394 e. The van der Waals surface area contributed by atoms with Crippen molar-refractivity contribution in [2.75, 3.05) is 26.2 Å². The van der Waals surface area contributed by atoms with Gasteiger partial charge < -0.3 is 19.8 Å². The van der Waals surface area contributed by atoms with Gasteiger partial charge in [-0.1, -0.05) is 56.7 Å². The Morgan fingerprint density at radius 2 is 1.91 bits per heavy atom. The van der Waals surface area contributed by atoms with Gasteiger partial charge in [0.15, 0.2) is 0 Å². The van der Waals surface area contributed by atoms with Crippen LogP contribution in [0.4, 0.5) is 0 Å². The maximum absolute atomic E-state index is 14.8. The molecule has 3 fully saturated rings. The van der Waals surface area contributed by atoms with Gasteiger partial charge in [-0.25, -0.2) is 4.68 Å². The largest absolute Gasteiger partial charge is 0.394 e. The molecule has 0 saturated carbocycles. The number of aliphatic hydroxyl groups excluding tert-OH is 1. The molecule has 11 heteroatoms. The van der Waals surface area contributed by atoms with Crippen molar-refractivity contribution in [2.24, 2.45) is 17.8 Å². The fourth-order valence-corrected chi connectivity index (χ4v) is 9.67. The molecular weight excluding hydrogens is 564 g/mol. The monoisotopic (exact) mass is 608 g/mol. The number of fused-ring (bicyclic) bond motifs is 2. The van der Waals surface area contributed by atoms with E-state index < -0.39 is 28.7 Å². The maximum Gasteiger partial charge on any atom is 0.248 e. The summed E-state index contributed by atoms with van der Waals surface area (Å²) in [5, 5.41) is 19.2. The van der Waals surface area contributed by atoms with Gasteiger partial charge in [0.05, 0.1) is 34.7 Å². The molecule has 2 unspecified atom stereocenters. The van der Waals surface area contributed by atoms with Crippen LogP contribution in [0.5, 0.6) is 0 Å². The number of benzene rings is 1. The highest BCUT2D eigenvalue weighted by molar-refractivity contribution is 8.02. The number of rotatable bonds is 14. The quantitative estimate of drug-likeness (QED) is 0.328. The van der Waals surface area contributed by atoms with Crippen molar-refractivity contribution in [3.8, 4) is 0 Å². The number of carbonyl (C=O) groups is 3. The van der Waals surface area contributed by atoms with E-state index in [-0.39, 0.29) is 48.7 Å². The second-order valence-corrected chi connectivity index (χ2v) is 13.7. The molecular formula is C32H44N6O4S. The lowest BCUT2D eigenvalue weighted by Crippen LogP contribution is -2.58. The van der Waals surface area contributed by atoms with Crippen LogP contribution >= 0.6 is 11.8 Å². The molecule has 4 heterocycles. The molecule has 3 saturated heterocycles. The van der Waals surface area contributed by atoms with E-state index in [1.165, 1.54) is 0 Å². The SMILES string of the molecule is C=CCN(Cn1nnc2ccccc21)C(=O)C1N([C@@H](CO)[C@@H](C)CC)C(=O)[C@@H]2[C@H](C(=O)N(CC=C)CCC)[C@@H]3CCC12S3. The Hall–Kier alpha value is -3.18. The number of carbonyl (C=O) groups excluding carboxylic acids is 3. The van der Waals surface area contributed by atoms with Crippen LogP contribution < -0.4 is 0 Å². The fourth-order valence-electron chi connectivity index (χ4n) is 7.48. The van der Waals surface area contributed by atoms with Crippen molar-refractivity contribution >= 4 is 40.5 Å². The highest BCUT2D eigenvalue weighted by atomic mass is 32.2. The molecule has 232 valence electrons. The summed E-state index contributed by atoms with van der Waals surface area (Å²) >= 11 is 1.65. The molecule has 7 atom stereocenters. The number of aliphatic hydroxyl groups is 1.